The van der Waals surface area contributed by atoms with Gasteiger partial charge in [0, 0.05) is 0 Å². The lowest BCUT2D eigenvalue weighted by Gasteiger charge is -2.06. The van der Waals surface area contributed by atoms with E-state index in [-0.39, 0.29) is 11.1 Å². The Hall–Kier alpha value is -2.28. The Bertz CT molecular complexity index is 783. The van der Waals surface area contributed by atoms with Crippen LogP contribution < -0.4 is 0 Å². The average molecular weight is 312 g/mol. The highest BCUT2D eigenvalue weighted by atomic mass is 32.2. The number of benzene rings is 2. The van der Waals surface area contributed by atoms with Crippen LogP contribution in [0.25, 0.3) is 0 Å². The fourth-order valence-corrected chi connectivity index (χ4v) is 3.20. The molecule has 0 heterocycles. The molecule has 110 valence electrons. The molecule has 7 heteroatoms. The van der Waals surface area contributed by atoms with Gasteiger partial charge in [0.15, 0.2) is 9.84 Å². The number of carbonyl (C=O) groups is 1. The molecule has 0 unspecified atom stereocenters. The van der Waals surface area contributed by atoms with Crippen LogP contribution in [-0.2, 0) is 15.6 Å². The van der Waals surface area contributed by atoms with Gasteiger partial charge in [-0.15, -0.1) is 0 Å². The Labute approximate surface area is 119 Å². The average Bonchev–Trinajstić information content (AvgIpc) is 2.41. The SMILES string of the molecule is O=C(O)c1ccc(CS(=O)(=O)c2cc(F)ccc2F)cc1. The molecule has 2 rings (SSSR count). The summed E-state index contributed by atoms with van der Waals surface area (Å²) in [5.74, 6) is -3.57. The quantitative estimate of drug-likeness (QED) is 0.942. The minimum Gasteiger partial charge on any atom is -0.478 e. The third kappa shape index (κ3) is 3.43. The van der Waals surface area contributed by atoms with Crippen LogP contribution in [0.1, 0.15) is 15.9 Å². The fourth-order valence-electron chi connectivity index (χ4n) is 1.76. The molecule has 2 aromatic carbocycles. The maximum absolute atomic E-state index is 13.5. The Morgan fingerprint density at radius 2 is 1.67 bits per heavy atom. The second kappa shape index (κ2) is 5.61. The van der Waals surface area contributed by atoms with E-state index in [4.69, 9.17) is 5.11 Å². The predicted octanol–water partition coefficient (Wildman–Crippen LogP) is 2.64. The van der Waals surface area contributed by atoms with Gasteiger partial charge in [0.2, 0.25) is 0 Å². The number of hydrogen-bond donors (Lipinski definition) is 1. The van der Waals surface area contributed by atoms with Crippen molar-refractivity contribution >= 4 is 15.8 Å². The van der Waals surface area contributed by atoms with Gasteiger partial charge in [0.25, 0.3) is 0 Å². The summed E-state index contributed by atoms with van der Waals surface area (Å²) < 4.78 is 50.7. The van der Waals surface area contributed by atoms with Crippen LogP contribution in [0, 0.1) is 11.6 Å². The zero-order valence-corrected chi connectivity index (χ0v) is 11.4. The van der Waals surface area contributed by atoms with Crippen LogP contribution in [0.2, 0.25) is 0 Å². The van der Waals surface area contributed by atoms with Gasteiger partial charge in [-0.3, -0.25) is 0 Å². The first-order chi connectivity index (χ1) is 9.79. The minimum atomic E-state index is -4.06. The summed E-state index contributed by atoms with van der Waals surface area (Å²) >= 11 is 0. The number of carboxylic acid groups (broad SMARTS) is 1. The smallest absolute Gasteiger partial charge is 0.335 e. The molecule has 0 saturated heterocycles. The highest BCUT2D eigenvalue weighted by molar-refractivity contribution is 7.90. The highest BCUT2D eigenvalue weighted by Crippen LogP contribution is 2.21. The minimum absolute atomic E-state index is 0.00749. The molecular weight excluding hydrogens is 302 g/mol. The van der Waals surface area contributed by atoms with Crippen molar-refractivity contribution in [3.63, 3.8) is 0 Å². The first-order valence-corrected chi connectivity index (χ1v) is 7.45. The number of aromatic carboxylic acids is 1. The Kier molecular flexibility index (Phi) is 4.04. The number of carboxylic acids is 1. The first kappa shape index (κ1) is 15.1. The fraction of sp³-hybridized carbons (Fsp3) is 0.0714. The normalized spacial score (nSPS) is 11.3. The molecule has 0 amide bonds. The van der Waals surface area contributed by atoms with Crippen molar-refractivity contribution in [3.05, 3.63) is 65.2 Å². The van der Waals surface area contributed by atoms with Gasteiger partial charge in [0.05, 0.1) is 11.3 Å². The lowest BCUT2D eigenvalue weighted by molar-refractivity contribution is 0.0697. The summed E-state index contributed by atoms with van der Waals surface area (Å²) in [6.07, 6.45) is 0. The second-order valence-electron chi connectivity index (χ2n) is 4.34. The molecule has 1 N–H and O–H groups in total. The van der Waals surface area contributed by atoms with E-state index in [0.717, 1.165) is 12.1 Å². The van der Waals surface area contributed by atoms with Crippen molar-refractivity contribution < 1.29 is 27.1 Å². The number of rotatable bonds is 4. The van der Waals surface area contributed by atoms with E-state index in [1.807, 2.05) is 0 Å². The summed E-state index contributed by atoms with van der Waals surface area (Å²) in [5, 5.41) is 8.74. The largest absolute Gasteiger partial charge is 0.478 e. The molecule has 0 aliphatic heterocycles. The van der Waals surface area contributed by atoms with Crippen molar-refractivity contribution in [3.8, 4) is 0 Å². The van der Waals surface area contributed by atoms with E-state index in [9.17, 15) is 22.0 Å². The van der Waals surface area contributed by atoms with Gasteiger partial charge >= 0.3 is 5.97 Å². The van der Waals surface area contributed by atoms with E-state index in [2.05, 4.69) is 0 Å². The van der Waals surface area contributed by atoms with Gasteiger partial charge in [-0.2, -0.15) is 0 Å². The highest BCUT2D eigenvalue weighted by Gasteiger charge is 2.20. The van der Waals surface area contributed by atoms with Crippen molar-refractivity contribution in [2.75, 3.05) is 0 Å². The van der Waals surface area contributed by atoms with E-state index < -0.39 is 38.1 Å². The third-order valence-corrected chi connectivity index (χ3v) is 4.48. The molecule has 0 fully saturated rings. The summed E-state index contributed by atoms with van der Waals surface area (Å²) in [5.41, 5.74) is 0.289. The summed E-state index contributed by atoms with van der Waals surface area (Å²) in [6.45, 7) is 0. The zero-order chi connectivity index (χ0) is 15.6. The standard InChI is InChI=1S/C14H10F2O4S/c15-11-5-6-12(16)13(7-11)21(19,20)8-9-1-3-10(4-2-9)14(17)18/h1-7H,8H2,(H,17,18). The molecule has 21 heavy (non-hydrogen) atoms. The first-order valence-electron chi connectivity index (χ1n) is 5.79. The van der Waals surface area contributed by atoms with E-state index in [0.29, 0.717) is 6.07 Å². The number of sulfone groups is 1. The molecule has 0 aliphatic rings. The molecule has 0 saturated carbocycles. The molecule has 0 radical (unpaired) electrons. The maximum Gasteiger partial charge on any atom is 0.335 e. The van der Waals surface area contributed by atoms with Crippen LogP contribution in [0.4, 0.5) is 8.78 Å². The van der Waals surface area contributed by atoms with Crippen LogP contribution in [0.3, 0.4) is 0 Å². The van der Waals surface area contributed by atoms with Crippen LogP contribution in [0.15, 0.2) is 47.4 Å². The number of halogens is 2. The summed E-state index contributed by atoms with van der Waals surface area (Å²) in [4.78, 5) is 9.97. The van der Waals surface area contributed by atoms with Crippen LogP contribution in [-0.4, -0.2) is 19.5 Å². The summed E-state index contributed by atoms with van der Waals surface area (Å²) in [7, 11) is -4.06. The monoisotopic (exact) mass is 312 g/mol. The van der Waals surface area contributed by atoms with Gasteiger partial charge in [-0.05, 0) is 35.9 Å². The van der Waals surface area contributed by atoms with Crippen LogP contribution >= 0.6 is 0 Å². The molecule has 0 bridgehead atoms. The Morgan fingerprint density at radius 3 is 2.24 bits per heavy atom. The number of hydrogen-bond acceptors (Lipinski definition) is 3. The molecule has 0 spiro atoms. The predicted molar refractivity (Wildman–Crippen MR) is 70.6 cm³/mol. The third-order valence-electron chi connectivity index (χ3n) is 2.79. The summed E-state index contributed by atoms with van der Waals surface area (Å²) in [6, 6.07) is 7.32. The van der Waals surface area contributed by atoms with Crippen LogP contribution in [0.5, 0.6) is 0 Å². The van der Waals surface area contributed by atoms with Gasteiger partial charge in [-0.25, -0.2) is 22.0 Å². The van der Waals surface area contributed by atoms with Crippen molar-refractivity contribution in [2.45, 2.75) is 10.6 Å². The van der Waals surface area contributed by atoms with Gasteiger partial charge in [-0.1, -0.05) is 12.1 Å². The molecule has 0 aliphatic carbocycles. The van der Waals surface area contributed by atoms with E-state index >= 15 is 0 Å². The molecule has 2 aromatic rings. The van der Waals surface area contributed by atoms with Gasteiger partial charge in [0.1, 0.15) is 16.5 Å². The Balaban J connectivity index is 2.33. The van der Waals surface area contributed by atoms with Crippen molar-refractivity contribution in [1.29, 1.82) is 0 Å². The lowest BCUT2D eigenvalue weighted by atomic mass is 10.1. The Morgan fingerprint density at radius 1 is 1.05 bits per heavy atom. The molecular formula is C14H10F2O4S. The molecule has 0 aromatic heterocycles. The lowest BCUT2D eigenvalue weighted by Crippen LogP contribution is -2.08. The van der Waals surface area contributed by atoms with E-state index in [1.165, 1.54) is 24.3 Å². The molecule has 4 nitrogen and oxygen atoms in total. The zero-order valence-electron chi connectivity index (χ0n) is 10.6. The second-order valence-corrected chi connectivity index (χ2v) is 6.29. The maximum atomic E-state index is 13.5. The topological polar surface area (TPSA) is 71.4 Å². The van der Waals surface area contributed by atoms with Crippen molar-refractivity contribution in [2.24, 2.45) is 0 Å². The molecule has 0 atom stereocenters. The van der Waals surface area contributed by atoms with Crippen molar-refractivity contribution in [1.82, 2.24) is 0 Å². The van der Waals surface area contributed by atoms with Gasteiger partial charge < -0.3 is 5.11 Å². The van der Waals surface area contributed by atoms with E-state index in [1.54, 1.807) is 0 Å².